The summed E-state index contributed by atoms with van der Waals surface area (Å²) in [5.41, 5.74) is 2.13. The molecule has 0 aliphatic carbocycles. The highest BCUT2D eigenvalue weighted by molar-refractivity contribution is 6.30. The second-order valence-corrected chi connectivity index (χ2v) is 5.92. The Morgan fingerprint density at radius 3 is 2.91 bits per heavy atom. The lowest BCUT2D eigenvalue weighted by Gasteiger charge is -2.18. The lowest BCUT2D eigenvalue weighted by atomic mass is 10.1. The first kappa shape index (κ1) is 15.8. The van der Waals surface area contributed by atoms with Crippen LogP contribution in [0.15, 0.2) is 42.9 Å². The van der Waals surface area contributed by atoms with Crippen LogP contribution in [0.4, 0.5) is 0 Å². The fourth-order valence-corrected chi connectivity index (χ4v) is 2.77. The zero-order valence-electron chi connectivity index (χ0n) is 13.2. The summed E-state index contributed by atoms with van der Waals surface area (Å²) >= 11 is 5.88. The van der Waals surface area contributed by atoms with Gasteiger partial charge in [0.2, 0.25) is 0 Å². The van der Waals surface area contributed by atoms with Crippen LogP contribution in [0, 0.1) is 0 Å². The van der Waals surface area contributed by atoms with Crippen molar-refractivity contribution in [3.8, 4) is 5.75 Å². The van der Waals surface area contributed by atoms with E-state index in [0.717, 1.165) is 36.3 Å². The Morgan fingerprint density at radius 2 is 2.17 bits per heavy atom. The minimum atomic E-state index is 0.667. The van der Waals surface area contributed by atoms with Crippen molar-refractivity contribution in [2.24, 2.45) is 0 Å². The van der Waals surface area contributed by atoms with Gasteiger partial charge in [-0.1, -0.05) is 23.7 Å². The first-order valence-corrected chi connectivity index (χ1v) is 7.82. The first-order valence-electron chi connectivity index (χ1n) is 7.44. The fourth-order valence-electron chi connectivity index (χ4n) is 2.61. The van der Waals surface area contributed by atoms with Crippen LogP contribution in [0.25, 0.3) is 10.9 Å². The van der Waals surface area contributed by atoms with E-state index in [1.807, 2.05) is 23.0 Å². The van der Waals surface area contributed by atoms with E-state index in [1.54, 1.807) is 19.5 Å². The number of methoxy groups -OCH3 is 1. The highest BCUT2D eigenvalue weighted by Gasteiger charge is 2.09. The summed E-state index contributed by atoms with van der Waals surface area (Å²) < 4.78 is 7.25. The smallest absolute Gasteiger partial charge is 0.145 e. The van der Waals surface area contributed by atoms with E-state index in [2.05, 4.69) is 34.2 Å². The molecule has 23 heavy (non-hydrogen) atoms. The molecule has 0 radical (unpaired) electrons. The number of rotatable bonds is 6. The van der Waals surface area contributed by atoms with Crippen molar-refractivity contribution in [1.29, 1.82) is 0 Å². The lowest BCUT2D eigenvalue weighted by molar-refractivity contribution is 0.306. The van der Waals surface area contributed by atoms with Crippen LogP contribution in [0.2, 0.25) is 5.02 Å². The number of likely N-dealkylation sites (N-methyl/N-ethyl adjacent to an activating group) is 1. The van der Waals surface area contributed by atoms with Gasteiger partial charge in [-0.15, -0.1) is 0 Å². The summed E-state index contributed by atoms with van der Waals surface area (Å²) in [5, 5.41) is 5.99. The number of nitrogens with zero attached hydrogens (tertiary/aromatic N) is 4. The number of fused-ring (bicyclic) bond motifs is 1. The minimum Gasteiger partial charge on any atom is -0.494 e. The molecule has 0 aliphatic rings. The maximum absolute atomic E-state index is 5.88. The van der Waals surface area contributed by atoms with Gasteiger partial charge in [-0.2, -0.15) is 5.10 Å². The van der Waals surface area contributed by atoms with Crippen LogP contribution in [-0.2, 0) is 13.1 Å². The Hall–Kier alpha value is -2.11. The average Bonchev–Trinajstić information content (AvgIpc) is 2.99. The quantitative estimate of drug-likeness (QED) is 0.696. The normalized spacial score (nSPS) is 11.3. The largest absolute Gasteiger partial charge is 0.494 e. The van der Waals surface area contributed by atoms with Gasteiger partial charge in [0.05, 0.1) is 24.9 Å². The topological polar surface area (TPSA) is 43.2 Å². The molecule has 2 aromatic heterocycles. The SMILES string of the molecule is COc1ccc(CN(C)CCn2cc(Cl)cn2)c2cccnc12. The third-order valence-electron chi connectivity index (χ3n) is 3.80. The predicted octanol–water partition coefficient (Wildman–Crippen LogP) is 3.23. The number of benzene rings is 1. The Kier molecular flexibility index (Phi) is 4.79. The molecule has 0 unspecified atom stereocenters. The van der Waals surface area contributed by atoms with Crippen molar-refractivity contribution in [3.05, 3.63) is 53.4 Å². The van der Waals surface area contributed by atoms with Gasteiger partial charge in [-0.25, -0.2) is 0 Å². The molecule has 0 amide bonds. The van der Waals surface area contributed by atoms with Crippen molar-refractivity contribution in [2.75, 3.05) is 20.7 Å². The van der Waals surface area contributed by atoms with Gasteiger partial charge >= 0.3 is 0 Å². The third kappa shape index (κ3) is 3.63. The third-order valence-corrected chi connectivity index (χ3v) is 3.99. The molecule has 0 saturated heterocycles. The summed E-state index contributed by atoms with van der Waals surface area (Å²) in [5.74, 6) is 0.804. The molecule has 0 bridgehead atoms. The summed E-state index contributed by atoms with van der Waals surface area (Å²) in [6.07, 6.45) is 5.28. The molecule has 3 aromatic rings. The molecule has 2 heterocycles. The van der Waals surface area contributed by atoms with Crippen molar-refractivity contribution in [1.82, 2.24) is 19.7 Å². The second kappa shape index (κ2) is 6.98. The fraction of sp³-hybridized carbons (Fsp3) is 0.294. The number of halogens is 1. The molecule has 0 fully saturated rings. The second-order valence-electron chi connectivity index (χ2n) is 5.49. The number of hydrogen-bond acceptors (Lipinski definition) is 4. The molecule has 0 N–H and O–H groups in total. The summed E-state index contributed by atoms with van der Waals surface area (Å²) in [6.45, 7) is 2.52. The first-order chi connectivity index (χ1) is 11.2. The Labute approximate surface area is 140 Å². The van der Waals surface area contributed by atoms with E-state index in [0.29, 0.717) is 5.02 Å². The Balaban J connectivity index is 1.73. The van der Waals surface area contributed by atoms with Crippen LogP contribution < -0.4 is 4.74 Å². The van der Waals surface area contributed by atoms with Crippen LogP contribution in [0.5, 0.6) is 5.75 Å². The molecular formula is C17H19ClN4O. The molecule has 0 saturated carbocycles. The molecule has 5 nitrogen and oxygen atoms in total. The van der Waals surface area contributed by atoms with E-state index >= 15 is 0 Å². The van der Waals surface area contributed by atoms with E-state index in [4.69, 9.17) is 16.3 Å². The molecular weight excluding hydrogens is 312 g/mol. The summed E-state index contributed by atoms with van der Waals surface area (Å²) in [6, 6.07) is 8.12. The highest BCUT2D eigenvalue weighted by Crippen LogP contribution is 2.27. The van der Waals surface area contributed by atoms with Crippen molar-refractivity contribution >= 4 is 22.5 Å². The maximum Gasteiger partial charge on any atom is 0.145 e. The van der Waals surface area contributed by atoms with Gasteiger partial charge in [0.15, 0.2) is 0 Å². The number of ether oxygens (including phenoxy) is 1. The van der Waals surface area contributed by atoms with Crippen LogP contribution in [-0.4, -0.2) is 40.4 Å². The van der Waals surface area contributed by atoms with Crippen LogP contribution >= 0.6 is 11.6 Å². The average molecular weight is 331 g/mol. The molecule has 0 aliphatic heterocycles. The van der Waals surface area contributed by atoms with Crippen molar-refractivity contribution < 1.29 is 4.74 Å². The van der Waals surface area contributed by atoms with Crippen molar-refractivity contribution in [3.63, 3.8) is 0 Å². The van der Waals surface area contributed by atoms with Gasteiger partial charge in [-0.3, -0.25) is 9.67 Å². The van der Waals surface area contributed by atoms with Gasteiger partial charge in [0.1, 0.15) is 11.3 Å². The maximum atomic E-state index is 5.88. The van der Waals surface area contributed by atoms with Crippen molar-refractivity contribution in [2.45, 2.75) is 13.1 Å². The van der Waals surface area contributed by atoms with E-state index in [9.17, 15) is 0 Å². The van der Waals surface area contributed by atoms with Crippen LogP contribution in [0.3, 0.4) is 0 Å². The van der Waals surface area contributed by atoms with E-state index in [-0.39, 0.29) is 0 Å². The van der Waals surface area contributed by atoms with E-state index < -0.39 is 0 Å². The molecule has 6 heteroatoms. The van der Waals surface area contributed by atoms with Gasteiger partial charge < -0.3 is 9.64 Å². The minimum absolute atomic E-state index is 0.667. The monoisotopic (exact) mass is 330 g/mol. The molecule has 1 aromatic carbocycles. The number of pyridine rings is 1. The van der Waals surface area contributed by atoms with Gasteiger partial charge in [-0.05, 0) is 24.7 Å². The number of hydrogen-bond donors (Lipinski definition) is 0. The molecule has 0 spiro atoms. The van der Waals surface area contributed by atoms with E-state index in [1.165, 1.54) is 5.56 Å². The van der Waals surface area contributed by atoms with Gasteiger partial charge in [0.25, 0.3) is 0 Å². The molecule has 0 atom stereocenters. The summed E-state index contributed by atoms with van der Waals surface area (Å²) in [4.78, 5) is 6.70. The van der Waals surface area contributed by atoms with Gasteiger partial charge in [0, 0.05) is 30.9 Å². The molecule has 120 valence electrons. The predicted molar refractivity (Wildman–Crippen MR) is 91.9 cm³/mol. The lowest BCUT2D eigenvalue weighted by Crippen LogP contribution is -2.23. The zero-order chi connectivity index (χ0) is 16.2. The number of aromatic nitrogens is 3. The zero-order valence-corrected chi connectivity index (χ0v) is 14.0. The Morgan fingerprint density at radius 1 is 1.30 bits per heavy atom. The Bertz CT molecular complexity index is 802. The molecule has 3 rings (SSSR count). The standard InChI is InChI=1S/C17H19ClN4O/c1-21(8-9-22-12-14(18)10-20-22)11-13-5-6-16(23-2)17-15(13)4-3-7-19-17/h3-7,10,12H,8-9,11H2,1-2H3. The highest BCUT2D eigenvalue weighted by atomic mass is 35.5. The summed E-state index contributed by atoms with van der Waals surface area (Å²) in [7, 11) is 3.77. The van der Waals surface area contributed by atoms with Crippen LogP contribution in [0.1, 0.15) is 5.56 Å².